The van der Waals surface area contributed by atoms with Crippen LogP contribution in [-0.2, 0) is 9.53 Å². The van der Waals surface area contributed by atoms with E-state index in [9.17, 15) is 4.79 Å². The second-order valence-electron chi connectivity index (χ2n) is 9.01. The lowest BCUT2D eigenvalue weighted by molar-refractivity contribution is -0.137. The molecule has 0 saturated carbocycles. The van der Waals surface area contributed by atoms with Gasteiger partial charge >= 0.3 is 5.97 Å². The molecule has 144 valence electrons. The first-order valence-corrected chi connectivity index (χ1v) is 9.09. The van der Waals surface area contributed by atoms with Crippen molar-refractivity contribution in [1.29, 1.82) is 0 Å². The van der Waals surface area contributed by atoms with Gasteiger partial charge in [0.15, 0.2) is 6.61 Å². The molecule has 4 heteroatoms. The smallest absolute Gasteiger partial charge is 0.334 e. The molecule has 0 spiro atoms. The van der Waals surface area contributed by atoms with Gasteiger partial charge in [-0.15, -0.1) is 6.42 Å². The Morgan fingerprint density at radius 1 is 1.00 bits per heavy atom. The Morgan fingerprint density at radius 3 is 1.72 bits per heavy atom. The van der Waals surface area contributed by atoms with Crippen LogP contribution in [0.2, 0.25) is 0 Å². The Kier molecular flexibility index (Phi) is 9.47. The van der Waals surface area contributed by atoms with Crippen LogP contribution in [0.5, 0.6) is 0 Å². The van der Waals surface area contributed by atoms with E-state index in [0.29, 0.717) is 5.57 Å². The summed E-state index contributed by atoms with van der Waals surface area (Å²) in [6.45, 7) is 19.0. The number of carbonyl (C=O) groups excluding carboxylic acids is 1. The Labute approximate surface area is 155 Å². The minimum atomic E-state index is -0.320. The maximum atomic E-state index is 12.3. The molecule has 2 atom stereocenters. The molecule has 25 heavy (non-hydrogen) atoms. The summed E-state index contributed by atoms with van der Waals surface area (Å²) in [6.07, 6.45) is 6.78. The lowest BCUT2D eigenvalue weighted by atomic mass is 9.93. The van der Waals surface area contributed by atoms with E-state index >= 15 is 0 Å². The number of carbonyl (C=O) groups is 1. The van der Waals surface area contributed by atoms with Crippen molar-refractivity contribution in [3.8, 4) is 12.3 Å². The van der Waals surface area contributed by atoms with Crippen LogP contribution in [0.15, 0.2) is 11.1 Å². The molecule has 0 bridgehead atoms. The molecule has 0 aliphatic heterocycles. The number of ether oxygens (including phenoxy) is 1. The van der Waals surface area contributed by atoms with Crippen LogP contribution in [0.4, 0.5) is 0 Å². The fourth-order valence-corrected chi connectivity index (χ4v) is 3.07. The van der Waals surface area contributed by atoms with E-state index < -0.39 is 0 Å². The van der Waals surface area contributed by atoms with Crippen molar-refractivity contribution in [2.24, 2.45) is 0 Å². The molecule has 0 aromatic carbocycles. The third kappa shape index (κ3) is 11.8. The number of terminal acetylenes is 1. The summed E-state index contributed by atoms with van der Waals surface area (Å²) in [4.78, 5) is 12.3. The lowest BCUT2D eigenvalue weighted by Crippen LogP contribution is -2.44. The summed E-state index contributed by atoms with van der Waals surface area (Å²) in [6, 6.07) is 0.513. The van der Waals surface area contributed by atoms with Crippen molar-refractivity contribution in [1.82, 2.24) is 10.6 Å². The van der Waals surface area contributed by atoms with Gasteiger partial charge < -0.3 is 15.4 Å². The first-order chi connectivity index (χ1) is 11.2. The Balaban J connectivity index is 5.29. The predicted octanol–water partition coefficient (Wildman–Crippen LogP) is 3.81. The third-order valence-corrected chi connectivity index (χ3v) is 3.59. The molecule has 2 unspecified atom stereocenters. The Bertz CT molecular complexity index is 475. The van der Waals surface area contributed by atoms with Crippen LogP contribution in [0.3, 0.4) is 0 Å². The van der Waals surface area contributed by atoms with Gasteiger partial charge in [-0.05, 0) is 75.2 Å². The van der Waals surface area contributed by atoms with E-state index in [-0.39, 0.29) is 35.7 Å². The molecule has 0 aromatic heterocycles. The van der Waals surface area contributed by atoms with E-state index in [1.165, 1.54) is 0 Å². The summed E-state index contributed by atoms with van der Waals surface area (Å²) in [5, 5.41) is 7.14. The molecule has 4 nitrogen and oxygen atoms in total. The molecule has 0 amide bonds. The maximum Gasteiger partial charge on any atom is 0.334 e. The standard InChI is InChI=1S/C21H38N2O2/c1-11-12-25-19(24)17(4)18(13-15(2)22-20(5,6)7)14-16(3)23-21(8,9)10/h1,15-16,22-23H,12-14H2,2-10H3. The number of rotatable bonds is 8. The quantitative estimate of drug-likeness (QED) is 0.397. The highest BCUT2D eigenvalue weighted by molar-refractivity contribution is 5.88. The van der Waals surface area contributed by atoms with Crippen LogP contribution in [-0.4, -0.2) is 35.7 Å². The van der Waals surface area contributed by atoms with E-state index in [1.807, 2.05) is 6.92 Å². The van der Waals surface area contributed by atoms with Crippen molar-refractivity contribution in [2.45, 2.75) is 98.3 Å². The minimum absolute atomic E-state index is 0.00897. The molecule has 0 saturated heterocycles. The highest BCUT2D eigenvalue weighted by Gasteiger charge is 2.21. The van der Waals surface area contributed by atoms with E-state index in [4.69, 9.17) is 11.2 Å². The minimum Gasteiger partial charge on any atom is -0.449 e. The van der Waals surface area contributed by atoms with Gasteiger partial charge in [0, 0.05) is 28.7 Å². The molecule has 2 N–H and O–H groups in total. The van der Waals surface area contributed by atoms with Crippen molar-refractivity contribution >= 4 is 5.97 Å². The van der Waals surface area contributed by atoms with E-state index in [1.54, 1.807) is 0 Å². The second-order valence-corrected chi connectivity index (χ2v) is 9.01. The third-order valence-electron chi connectivity index (χ3n) is 3.59. The van der Waals surface area contributed by atoms with Gasteiger partial charge in [0.25, 0.3) is 0 Å². The zero-order valence-corrected chi connectivity index (χ0v) is 17.7. The topological polar surface area (TPSA) is 50.4 Å². The number of nitrogens with one attached hydrogen (secondary N) is 2. The fourth-order valence-electron chi connectivity index (χ4n) is 3.07. The van der Waals surface area contributed by atoms with Crippen molar-refractivity contribution in [2.75, 3.05) is 6.61 Å². The van der Waals surface area contributed by atoms with Crippen LogP contribution < -0.4 is 10.6 Å². The van der Waals surface area contributed by atoms with Crippen molar-refractivity contribution < 1.29 is 9.53 Å². The van der Waals surface area contributed by atoms with E-state index in [0.717, 1.165) is 18.4 Å². The second kappa shape index (κ2) is 9.99. The van der Waals surface area contributed by atoms with Crippen LogP contribution >= 0.6 is 0 Å². The van der Waals surface area contributed by atoms with Crippen LogP contribution in [0.1, 0.15) is 75.2 Å². The highest BCUT2D eigenvalue weighted by Crippen LogP contribution is 2.21. The lowest BCUT2D eigenvalue weighted by Gasteiger charge is -2.30. The largest absolute Gasteiger partial charge is 0.449 e. The molecule has 0 aliphatic carbocycles. The summed E-state index contributed by atoms with van der Waals surface area (Å²) < 4.78 is 5.13. The first kappa shape index (κ1) is 23.7. The van der Waals surface area contributed by atoms with Gasteiger partial charge in [0.05, 0.1) is 0 Å². The Morgan fingerprint density at radius 2 is 1.40 bits per heavy atom. The highest BCUT2D eigenvalue weighted by atomic mass is 16.5. The normalized spacial score (nSPS) is 14.4. The molecule has 0 rings (SSSR count). The van der Waals surface area contributed by atoms with Gasteiger partial charge in [-0.2, -0.15) is 0 Å². The summed E-state index contributed by atoms with van der Waals surface area (Å²) in [5.74, 6) is 2.03. The van der Waals surface area contributed by atoms with Crippen molar-refractivity contribution in [3.05, 3.63) is 11.1 Å². The molecule has 0 fully saturated rings. The number of hydrogen-bond donors (Lipinski definition) is 2. The molecule has 0 radical (unpaired) electrons. The van der Waals surface area contributed by atoms with Gasteiger partial charge in [0.2, 0.25) is 0 Å². The number of esters is 1. The molecule has 0 aromatic rings. The number of hydrogen-bond acceptors (Lipinski definition) is 4. The average Bonchev–Trinajstić information content (AvgIpc) is 2.38. The summed E-state index contributed by atoms with van der Waals surface area (Å²) in [7, 11) is 0. The van der Waals surface area contributed by atoms with Crippen molar-refractivity contribution in [3.63, 3.8) is 0 Å². The molecular formula is C21H38N2O2. The maximum absolute atomic E-state index is 12.3. The van der Waals surface area contributed by atoms with Crippen LogP contribution in [0.25, 0.3) is 0 Å². The zero-order chi connectivity index (χ0) is 19.8. The SMILES string of the molecule is C#CCOC(=O)C(C)=C(CC(C)NC(C)(C)C)CC(C)NC(C)(C)C. The predicted molar refractivity (Wildman–Crippen MR) is 106 cm³/mol. The molecular weight excluding hydrogens is 312 g/mol. The summed E-state index contributed by atoms with van der Waals surface area (Å²) >= 11 is 0. The zero-order valence-electron chi connectivity index (χ0n) is 17.7. The molecule has 0 heterocycles. The summed E-state index contributed by atoms with van der Waals surface area (Å²) in [5.41, 5.74) is 1.82. The van der Waals surface area contributed by atoms with Gasteiger partial charge in [-0.3, -0.25) is 0 Å². The monoisotopic (exact) mass is 350 g/mol. The average molecular weight is 351 g/mol. The van der Waals surface area contributed by atoms with Gasteiger partial charge in [0.1, 0.15) is 0 Å². The van der Waals surface area contributed by atoms with Gasteiger partial charge in [-0.1, -0.05) is 11.5 Å². The Hall–Kier alpha value is -1.31. The van der Waals surface area contributed by atoms with E-state index in [2.05, 4.69) is 71.9 Å². The fraction of sp³-hybridized carbons (Fsp3) is 0.762. The molecule has 0 aliphatic rings. The van der Waals surface area contributed by atoms with Gasteiger partial charge in [-0.25, -0.2) is 4.79 Å². The first-order valence-electron chi connectivity index (χ1n) is 9.09. The van der Waals surface area contributed by atoms with Crippen LogP contribution in [0, 0.1) is 12.3 Å².